The first-order valence-corrected chi connectivity index (χ1v) is 7.40. The number of hydrogen-bond donors (Lipinski definition) is 3. The van der Waals surface area contributed by atoms with Crippen LogP contribution in [0.25, 0.3) is 0 Å². The number of aliphatic hydroxyl groups excluding tert-OH is 1. The molecule has 1 aliphatic carbocycles. The average Bonchev–Trinajstić information content (AvgIpc) is 2.90. The minimum absolute atomic E-state index is 0.0681. The van der Waals surface area contributed by atoms with Crippen molar-refractivity contribution in [3.05, 3.63) is 47.5 Å². The molecule has 0 spiro atoms. The first kappa shape index (κ1) is 15.5. The number of phenolic OH excluding ortho intramolecular Hbond substituents is 1. The van der Waals surface area contributed by atoms with Crippen LogP contribution in [0.3, 0.4) is 0 Å². The highest BCUT2D eigenvalue weighted by molar-refractivity contribution is 5.95. The number of aryl methyl sites for hydroxylation is 1. The van der Waals surface area contributed by atoms with Crippen molar-refractivity contribution in [1.82, 2.24) is 15.1 Å². The molecule has 0 radical (unpaired) electrons. The van der Waals surface area contributed by atoms with Crippen LogP contribution in [-0.2, 0) is 7.05 Å². The van der Waals surface area contributed by atoms with E-state index >= 15 is 0 Å². The summed E-state index contributed by atoms with van der Waals surface area (Å²) in [6.45, 7) is 0. The summed E-state index contributed by atoms with van der Waals surface area (Å²) in [6.07, 6.45) is 4.21. The molecule has 1 heterocycles. The highest BCUT2D eigenvalue weighted by atomic mass is 19.1. The van der Waals surface area contributed by atoms with Crippen LogP contribution in [-0.4, -0.2) is 32.0 Å². The molecule has 0 aliphatic heterocycles. The zero-order valence-corrected chi connectivity index (χ0v) is 12.6. The SMILES string of the molecule is Cn1cc(C(NC(=O)c2cc(O)ccc2F)C2CC(O)C2)cn1. The molecule has 7 heteroatoms. The molecule has 1 unspecified atom stereocenters. The lowest BCUT2D eigenvalue weighted by atomic mass is 9.75. The number of amides is 1. The van der Waals surface area contributed by atoms with E-state index in [1.165, 1.54) is 6.07 Å². The second kappa shape index (κ2) is 6.00. The van der Waals surface area contributed by atoms with E-state index in [-0.39, 0.29) is 29.4 Å². The van der Waals surface area contributed by atoms with Gasteiger partial charge < -0.3 is 15.5 Å². The number of aromatic hydroxyl groups is 1. The van der Waals surface area contributed by atoms with E-state index in [2.05, 4.69) is 10.4 Å². The number of benzene rings is 1. The minimum atomic E-state index is -0.695. The lowest BCUT2D eigenvalue weighted by Gasteiger charge is -2.37. The Hall–Kier alpha value is -2.41. The monoisotopic (exact) mass is 319 g/mol. The van der Waals surface area contributed by atoms with Gasteiger partial charge in [0.15, 0.2) is 0 Å². The maximum absolute atomic E-state index is 13.8. The second-order valence-electron chi connectivity index (χ2n) is 5.95. The lowest BCUT2D eigenvalue weighted by Crippen LogP contribution is -2.41. The molecule has 2 aromatic rings. The zero-order chi connectivity index (χ0) is 16.6. The number of halogens is 1. The average molecular weight is 319 g/mol. The number of phenols is 1. The molecule has 1 aromatic carbocycles. The first-order chi connectivity index (χ1) is 10.9. The fourth-order valence-electron chi connectivity index (χ4n) is 2.88. The minimum Gasteiger partial charge on any atom is -0.508 e. The summed E-state index contributed by atoms with van der Waals surface area (Å²) in [7, 11) is 1.77. The van der Waals surface area contributed by atoms with Crippen LogP contribution in [0.4, 0.5) is 4.39 Å². The number of nitrogens with one attached hydrogen (secondary N) is 1. The van der Waals surface area contributed by atoms with Crippen molar-refractivity contribution >= 4 is 5.91 Å². The third-order valence-corrected chi connectivity index (χ3v) is 4.19. The molecule has 1 fully saturated rings. The summed E-state index contributed by atoms with van der Waals surface area (Å²) in [5, 5.41) is 25.9. The van der Waals surface area contributed by atoms with Gasteiger partial charge in [0.1, 0.15) is 11.6 Å². The third kappa shape index (κ3) is 3.19. The molecule has 122 valence electrons. The molecule has 23 heavy (non-hydrogen) atoms. The fraction of sp³-hybridized carbons (Fsp3) is 0.375. The molecular formula is C16H18FN3O3. The van der Waals surface area contributed by atoms with E-state index < -0.39 is 11.7 Å². The summed E-state index contributed by atoms with van der Waals surface area (Å²) in [6, 6.07) is 2.98. The number of hydrogen-bond acceptors (Lipinski definition) is 4. The molecule has 3 N–H and O–H groups in total. The predicted octanol–water partition coefficient (Wildman–Crippen LogP) is 1.51. The van der Waals surface area contributed by atoms with Crippen LogP contribution in [0.2, 0.25) is 0 Å². The Labute approximate surface area is 132 Å². The van der Waals surface area contributed by atoms with Gasteiger partial charge in [-0.05, 0) is 37.0 Å². The standard InChI is InChI=1S/C16H18FN3O3/c1-20-8-10(7-18-20)15(9-4-12(22)5-9)19-16(23)13-6-11(21)2-3-14(13)17/h2-3,6-9,12,15,21-22H,4-5H2,1H3,(H,19,23). The van der Waals surface area contributed by atoms with Gasteiger partial charge in [0, 0.05) is 18.8 Å². The van der Waals surface area contributed by atoms with Crippen LogP contribution < -0.4 is 5.32 Å². The number of aliphatic hydroxyl groups is 1. The van der Waals surface area contributed by atoms with Gasteiger partial charge in [0.25, 0.3) is 5.91 Å². The van der Waals surface area contributed by atoms with Crippen LogP contribution in [0.5, 0.6) is 5.75 Å². The Morgan fingerprint density at radius 3 is 2.83 bits per heavy atom. The molecule has 0 saturated heterocycles. The van der Waals surface area contributed by atoms with Crippen molar-refractivity contribution in [1.29, 1.82) is 0 Å². The predicted molar refractivity (Wildman–Crippen MR) is 80.2 cm³/mol. The summed E-state index contributed by atoms with van der Waals surface area (Å²) in [4.78, 5) is 12.4. The van der Waals surface area contributed by atoms with Gasteiger partial charge in [0.05, 0.1) is 23.9 Å². The van der Waals surface area contributed by atoms with Gasteiger partial charge in [-0.25, -0.2) is 4.39 Å². The lowest BCUT2D eigenvalue weighted by molar-refractivity contribution is 0.0234. The fourth-order valence-corrected chi connectivity index (χ4v) is 2.88. The van der Waals surface area contributed by atoms with Gasteiger partial charge in [-0.15, -0.1) is 0 Å². The van der Waals surface area contributed by atoms with Crippen LogP contribution in [0.1, 0.15) is 34.8 Å². The smallest absolute Gasteiger partial charge is 0.254 e. The highest BCUT2D eigenvalue weighted by Gasteiger charge is 2.36. The molecule has 1 saturated carbocycles. The second-order valence-corrected chi connectivity index (χ2v) is 5.95. The number of aromatic nitrogens is 2. The van der Waals surface area contributed by atoms with E-state index in [0.29, 0.717) is 12.8 Å². The van der Waals surface area contributed by atoms with Gasteiger partial charge in [-0.1, -0.05) is 0 Å². The number of rotatable bonds is 4. The molecule has 6 nitrogen and oxygen atoms in total. The van der Waals surface area contributed by atoms with Crippen molar-refractivity contribution in [2.45, 2.75) is 25.0 Å². The first-order valence-electron chi connectivity index (χ1n) is 7.40. The van der Waals surface area contributed by atoms with E-state index in [4.69, 9.17) is 0 Å². The summed E-state index contributed by atoms with van der Waals surface area (Å²) < 4.78 is 15.4. The molecular weight excluding hydrogens is 301 g/mol. The third-order valence-electron chi connectivity index (χ3n) is 4.19. The van der Waals surface area contributed by atoms with Crippen LogP contribution >= 0.6 is 0 Å². The van der Waals surface area contributed by atoms with E-state index in [0.717, 1.165) is 17.7 Å². The summed E-state index contributed by atoms with van der Waals surface area (Å²) in [5.41, 5.74) is 0.595. The van der Waals surface area contributed by atoms with Gasteiger partial charge in [-0.2, -0.15) is 5.10 Å². The molecule has 3 rings (SSSR count). The maximum Gasteiger partial charge on any atom is 0.254 e. The van der Waals surface area contributed by atoms with Gasteiger partial charge >= 0.3 is 0 Å². The highest BCUT2D eigenvalue weighted by Crippen LogP contribution is 2.38. The van der Waals surface area contributed by atoms with E-state index in [1.807, 2.05) is 0 Å². The van der Waals surface area contributed by atoms with E-state index in [1.54, 1.807) is 24.1 Å². The zero-order valence-electron chi connectivity index (χ0n) is 12.6. The van der Waals surface area contributed by atoms with Crippen molar-refractivity contribution < 1.29 is 19.4 Å². The van der Waals surface area contributed by atoms with E-state index in [9.17, 15) is 19.4 Å². The van der Waals surface area contributed by atoms with Gasteiger partial charge in [-0.3, -0.25) is 9.48 Å². The van der Waals surface area contributed by atoms with Crippen molar-refractivity contribution in [3.63, 3.8) is 0 Å². The topological polar surface area (TPSA) is 87.4 Å². The van der Waals surface area contributed by atoms with Crippen LogP contribution in [0, 0.1) is 11.7 Å². The Bertz CT molecular complexity index is 725. The van der Waals surface area contributed by atoms with Crippen molar-refractivity contribution in [2.75, 3.05) is 0 Å². The summed E-state index contributed by atoms with van der Waals surface area (Å²) in [5.74, 6) is -1.40. The Kier molecular flexibility index (Phi) is 4.04. The number of carbonyl (C=O) groups is 1. The molecule has 0 bridgehead atoms. The molecule has 1 atom stereocenters. The molecule has 1 amide bonds. The van der Waals surface area contributed by atoms with Gasteiger partial charge in [0.2, 0.25) is 0 Å². The Morgan fingerprint density at radius 1 is 1.48 bits per heavy atom. The normalized spacial score (nSPS) is 21.5. The summed E-state index contributed by atoms with van der Waals surface area (Å²) >= 11 is 0. The van der Waals surface area contributed by atoms with Crippen LogP contribution in [0.15, 0.2) is 30.6 Å². The number of carbonyl (C=O) groups excluding carboxylic acids is 1. The Morgan fingerprint density at radius 2 is 2.22 bits per heavy atom. The van der Waals surface area contributed by atoms with Crippen molar-refractivity contribution in [2.24, 2.45) is 13.0 Å². The molecule has 1 aromatic heterocycles. The largest absolute Gasteiger partial charge is 0.508 e. The Balaban J connectivity index is 1.83. The number of nitrogens with zero attached hydrogens (tertiary/aromatic N) is 2. The quantitative estimate of drug-likeness (QED) is 0.797. The molecule has 1 aliphatic rings. The van der Waals surface area contributed by atoms with Crippen molar-refractivity contribution in [3.8, 4) is 5.75 Å². The maximum atomic E-state index is 13.8.